The summed E-state index contributed by atoms with van der Waals surface area (Å²) in [5, 5.41) is 3.04. The molecule has 10 rings (SSSR count). The average Bonchev–Trinajstić information content (AvgIpc) is 3.91. The molecule has 0 aliphatic rings. The minimum Gasteiger partial charge on any atom is -0.453 e. The minimum absolute atomic E-state index is 0. The number of furan rings is 1. The van der Waals surface area contributed by atoms with Crippen molar-refractivity contribution in [1.82, 2.24) is 39.9 Å². The zero-order valence-corrected chi connectivity index (χ0v) is 34.3. The van der Waals surface area contributed by atoms with Gasteiger partial charge in [-0.1, -0.05) is 42.5 Å². The molecule has 0 spiro atoms. The fourth-order valence-corrected chi connectivity index (χ4v) is 5.62. The van der Waals surface area contributed by atoms with Crippen LogP contribution in [-0.2, 0) is 19.5 Å². The minimum atomic E-state index is -4.94. The Kier molecular flexibility index (Phi) is 16.0. The van der Waals surface area contributed by atoms with E-state index in [4.69, 9.17) is 46.7 Å². The molecule has 0 fully saturated rings. The predicted octanol–water partition coefficient (Wildman–Crippen LogP) is -0.155. The van der Waals surface area contributed by atoms with Gasteiger partial charge in [-0.05, 0) is 84.9 Å². The van der Waals surface area contributed by atoms with Gasteiger partial charge >= 0.3 is 19.5 Å². The number of pyridine rings is 6. The molecule has 17 nitrogen and oxygen atoms in total. The van der Waals surface area contributed by atoms with E-state index in [1.807, 2.05) is 127 Å². The number of rotatable bonds is 3. The summed E-state index contributed by atoms with van der Waals surface area (Å²) in [7, 11) is -9.89. The molecule has 0 atom stereocenters. The molecule has 0 saturated carbocycles. The number of fused-ring (bicyclic) bond motifs is 7. The Labute approximate surface area is 362 Å². The van der Waals surface area contributed by atoms with Crippen molar-refractivity contribution in [3.8, 4) is 34.4 Å². The van der Waals surface area contributed by atoms with Gasteiger partial charge in [-0.15, -0.1) is 20.5 Å². The number of imidazole rings is 1. The largest absolute Gasteiger partial charge is 2.00 e. The summed E-state index contributed by atoms with van der Waals surface area (Å²) in [6, 6.07) is 41.1. The standard InChI is InChI=1S/C21H12N4O.2C10H8N2.2ClHO4.Ru/c1-2-8-15-12(5-1)11-16(26-15)21-24-19-13-6-3-9-22-17(13)18-14(20(19)25-21)7-4-10-23-18;2*1-3-7-11-9(5-1)10-6-2-4-8-12-10;2*2-1(3,4)5;/h1-11H,(H,24,25);2*1-8H;2*(H,2,3,4,5);/q;;;;;+2/p-2. The van der Waals surface area contributed by atoms with Crippen LogP contribution < -0.4 is 37.3 Å². The third-order valence-corrected chi connectivity index (χ3v) is 7.91. The number of aromatic amines is 1. The van der Waals surface area contributed by atoms with Crippen LogP contribution in [0.1, 0.15) is 0 Å². The fraction of sp³-hybridized carbons (Fsp3) is 0. The molecule has 0 radical (unpaired) electrons. The number of aromatic nitrogens is 8. The molecule has 2 aromatic carbocycles. The molecule has 0 saturated heterocycles. The van der Waals surface area contributed by atoms with E-state index in [0.29, 0.717) is 5.82 Å². The number of benzene rings is 2. The SMILES string of the molecule is [O-][Cl+3]([O-])([O-])[O-].[O-][Cl+3]([O-])([O-])[O-].[Ru+2].c1ccc(-c2ccccn2)nc1.c1ccc(-c2ccccn2)nc1.c1ccc2oc(-c3nc4c5cccnc5c5ncccc5c4[nH]3)cc2c1. The Morgan fingerprint density at radius 2 is 0.820 bits per heavy atom. The van der Waals surface area contributed by atoms with Crippen molar-refractivity contribution in [3.05, 3.63) is 165 Å². The van der Waals surface area contributed by atoms with Gasteiger partial charge in [-0.3, -0.25) is 29.9 Å². The quantitative estimate of drug-likeness (QED) is 0.178. The Bertz CT molecular complexity index is 2610. The van der Waals surface area contributed by atoms with Crippen LogP contribution in [0.15, 0.2) is 169 Å². The van der Waals surface area contributed by atoms with E-state index in [1.165, 1.54) is 0 Å². The van der Waals surface area contributed by atoms with Gasteiger partial charge in [0.1, 0.15) is 5.58 Å². The monoisotopic (exact) mass is 948 g/mol. The first-order valence-electron chi connectivity index (χ1n) is 17.2. The molecule has 8 aromatic heterocycles. The predicted molar refractivity (Wildman–Crippen MR) is 197 cm³/mol. The molecule has 1 N–H and O–H groups in total. The van der Waals surface area contributed by atoms with Gasteiger partial charge in [0.15, 0.2) is 11.6 Å². The van der Waals surface area contributed by atoms with Crippen molar-refractivity contribution in [2.75, 3.05) is 0 Å². The topological polar surface area (TPSA) is 304 Å². The van der Waals surface area contributed by atoms with Crippen LogP contribution in [0.3, 0.4) is 0 Å². The number of hydrogen-bond donors (Lipinski definition) is 1. The zero-order valence-electron chi connectivity index (χ0n) is 31.0. The third-order valence-electron chi connectivity index (χ3n) is 7.91. The number of nitrogens with one attached hydrogen (secondary N) is 1. The summed E-state index contributed by atoms with van der Waals surface area (Å²) in [5.74, 6) is 1.43. The van der Waals surface area contributed by atoms with Crippen LogP contribution in [-0.4, -0.2) is 39.9 Å². The van der Waals surface area contributed by atoms with E-state index in [9.17, 15) is 0 Å². The van der Waals surface area contributed by atoms with Crippen LogP contribution in [0.5, 0.6) is 0 Å². The molecule has 0 unspecified atom stereocenters. The maximum Gasteiger partial charge on any atom is 2.00 e. The maximum atomic E-state index is 8.49. The fourth-order valence-electron chi connectivity index (χ4n) is 5.62. The second kappa shape index (κ2) is 21.3. The summed E-state index contributed by atoms with van der Waals surface area (Å²) >= 11 is 0. The van der Waals surface area contributed by atoms with Crippen LogP contribution in [0.2, 0.25) is 0 Å². The van der Waals surface area contributed by atoms with Gasteiger partial charge in [-0.25, -0.2) is 42.3 Å². The molecule has 8 heterocycles. The van der Waals surface area contributed by atoms with Crippen molar-refractivity contribution >= 4 is 43.8 Å². The van der Waals surface area contributed by atoms with E-state index < -0.39 is 20.5 Å². The average molecular weight is 949 g/mol. The third kappa shape index (κ3) is 13.6. The molecule has 0 aliphatic carbocycles. The van der Waals surface area contributed by atoms with Crippen LogP contribution in [0.4, 0.5) is 0 Å². The first kappa shape index (κ1) is 45.8. The van der Waals surface area contributed by atoms with Crippen molar-refractivity contribution in [1.29, 1.82) is 0 Å². The second-order valence-corrected chi connectivity index (χ2v) is 13.4. The van der Waals surface area contributed by atoms with Gasteiger partial charge in [0.2, 0.25) is 0 Å². The number of H-pyrrole nitrogens is 1. The van der Waals surface area contributed by atoms with Gasteiger partial charge in [0, 0.05) is 53.3 Å². The maximum absolute atomic E-state index is 8.49. The zero-order chi connectivity index (χ0) is 42.5. The number of nitrogens with zero attached hydrogens (tertiary/aromatic N) is 7. The van der Waals surface area contributed by atoms with E-state index in [0.717, 1.165) is 72.3 Å². The normalized spacial score (nSPS) is 10.8. The number of halogens is 2. The summed E-state index contributed by atoms with van der Waals surface area (Å²) in [6.45, 7) is 0. The number of para-hydroxylation sites is 1. The summed E-state index contributed by atoms with van der Waals surface area (Å²) in [6.07, 6.45) is 10.6. The molecule has 0 aliphatic heterocycles. The van der Waals surface area contributed by atoms with E-state index in [1.54, 1.807) is 37.2 Å². The summed E-state index contributed by atoms with van der Waals surface area (Å²) in [4.78, 5) is 34.1. The van der Waals surface area contributed by atoms with Crippen molar-refractivity contribution in [2.24, 2.45) is 0 Å². The van der Waals surface area contributed by atoms with E-state index in [2.05, 4.69) is 34.9 Å². The summed E-state index contributed by atoms with van der Waals surface area (Å²) in [5.41, 5.74) is 8.06. The summed E-state index contributed by atoms with van der Waals surface area (Å²) < 4.78 is 73.9. The van der Waals surface area contributed by atoms with Gasteiger partial charge in [0.25, 0.3) is 0 Å². The van der Waals surface area contributed by atoms with Crippen molar-refractivity contribution in [2.45, 2.75) is 0 Å². The van der Waals surface area contributed by atoms with Crippen LogP contribution >= 0.6 is 0 Å². The van der Waals surface area contributed by atoms with Crippen molar-refractivity contribution in [3.63, 3.8) is 0 Å². The molecular weight excluding hydrogens is 920 g/mol. The Balaban J connectivity index is 0.000000169. The number of hydrogen-bond acceptors (Lipinski definition) is 16. The van der Waals surface area contributed by atoms with Gasteiger partial charge in [-0.2, -0.15) is 0 Å². The Hall–Kier alpha value is -6.25. The smallest absolute Gasteiger partial charge is 0.453 e. The molecule has 308 valence electrons. The van der Waals surface area contributed by atoms with E-state index >= 15 is 0 Å². The Morgan fingerprint density at radius 1 is 0.426 bits per heavy atom. The second-order valence-electron chi connectivity index (χ2n) is 11.9. The first-order valence-corrected chi connectivity index (χ1v) is 19.7. The van der Waals surface area contributed by atoms with Gasteiger partial charge in [0.05, 0.1) is 44.8 Å². The van der Waals surface area contributed by atoms with Crippen LogP contribution in [0.25, 0.3) is 78.2 Å². The Morgan fingerprint density at radius 3 is 1.25 bits per heavy atom. The molecule has 0 bridgehead atoms. The van der Waals surface area contributed by atoms with Crippen LogP contribution in [0, 0.1) is 20.5 Å². The molecule has 10 aromatic rings. The molecule has 61 heavy (non-hydrogen) atoms. The van der Waals surface area contributed by atoms with Crippen molar-refractivity contribution < 1.29 is 81.7 Å². The van der Waals surface area contributed by atoms with E-state index in [-0.39, 0.29) is 19.5 Å². The van der Waals surface area contributed by atoms with Gasteiger partial charge < -0.3 is 9.40 Å². The first-order chi connectivity index (χ1) is 28.8. The molecule has 0 amide bonds. The molecule has 20 heteroatoms. The molecular formula is C41H28Cl2N8O9Ru.